The first-order valence-corrected chi connectivity index (χ1v) is 8.44. The van der Waals surface area contributed by atoms with Crippen molar-refractivity contribution in [1.82, 2.24) is 0 Å². The summed E-state index contributed by atoms with van der Waals surface area (Å²) in [6.07, 6.45) is 1.65. The molecule has 6 nitrogen and oxygen atoms in total. The van der Waals surface area contributed by atoms with Gasteiger partial charge in [-0.3, -0.25) is 14.4 Å². The molecular weight excluding hydrogens is 332 g/mol. The van der Waals surface area contributed by atoms with E-state index in [1.807, 2.05) is 30.3 Å². The molecule has 0 atom stereocenters. The van der Waals surface area contributed by atoms with Crippen molar-refractivity contribution in [2.75, 3.05) is 11.9 Å². The first kappa shape index (κ1) is 19.2. The van der Waals surface area contributed by atoms with Gasteiger partial charge >= 0.3 is 5.97 Å². The van der Waals surface area contributed by atoms with Gasteiger partial charge in [0, 0.05) is 17.7 Å². The third kappa shape index (κ3) is 6.76. The Labute approximate surface area is 152 Å². The molecule has 0 aliphatic rings. The second kappa shape index (κ2) is 9.98. The number of hydrogen-bond donors (Lipinski definition) is 2. The van der Waals surface area contributed by atoms with Crippen LogP contribution in [0.3, 0.4) is 0 Å². The molecule has 2 aromatic rings. The summed E-state index contributed by atoms with van der Waals surface area (Å²) in [7, 11) is 0. The van der Waals surface area contributed by atoms with Gasteiger partial charge in [0.1, 0.15) is 0 Å². The lowest BCUT2D eigenvalue weighted by atomic mass is 10.1. The molecule has 3 N–H and O–H groups in total. The number of hydrogen-bond acceptors (Lipinski definition) is 4. The molecule has 2 rings (SSSR count). The average Bonchev–Trinajstić information content (AvgIpc) is 2.65. The van der Waals surface area contributed by atoms with Gasteiger partial charge in [-0.15, -0.1) is 0 Å². The van der Waals surface area contributed by atoms with Crippen molar-refractivity contribution >= 4 is 23.5 Å². The number of anilines is 1. The largest absolute Gasteiger partial charge is 0.466 e. The zero-order chi connectivity index (χ0) is 18.8. The van der Waals surface area contributed by atoms with Crippen LogP contribution in [0.4, 0.5) is 5.69 Å². The number of amides is 2. The fourth-order valence-electron chi connectivity index (χ4n) is 2.34. The Hall–Kier alpha value is -3.15. The Morgan fingerprint density at radius 3 is 2.27 bits per heavy atom. The Bertz CT molecular complexity index is 742. The van der Waals surface area contributed by atoms with Crippen molar-refractivity contribution in [2.45, 2.75) is 25.7 Å². The summed E-state index contributed by atoms with van der Waals surface area (Å²) in [5, 5.41) is 2.65. The Kier molecular flexibility index (Phi) is 7.36. The molecule has 0 bridgehead atoms. The highest BCUT2D eigenvalue weighted by atomic mass is 16.5. The van der Waals surface area contributed by atoms with Crippen LogP contribution in [-0.4, -0.2) is 24.4 Å². The fourth-order valence-corrected chi connectivity index (χ4v) is 2.34. The van der Waals surface area contributed by atoms with Crippen molar-refractivity contribution in [1.29, 1.82) is 0 Å². The lowest BCUT2D eigenvalue weighted by Gasteiger charge is -2.07. The van der Waals surface area contributed by atoms with Crippen LogP contribution in [0.1, 0.15) is 35.2 Å². The molecule has 6 heteroatoms. The molecule has 0 saturated carbocycles. The maximum Gasteiger partial charge on any atom is 0.306 e. The number of aryl methyl sites for hydroxylation is 1. The van der Waals surface area contributed by atoms with Crippen LogP contribution in [0.15, 0.2) is 54.6 Å². The SMILES string of the molecule is NC(=O)c1ccc(NC(=O)CCC(=O)OCCCc2ccccc2)cc1. The van der Waals surface area contributed by atoms with E-state index >= 15 is 0 Å². The van der Waals surface area contributed by atoms with E-state index in [2.05, 4.69) is 5.32 Å². The van der Waals surface area contributed by atoms with Crippen molar-refractivity contribution in [3.63, 3.8) is 0 Å². The molecule has 136 valence electrons. The van der Waals surface area contributed by atoms with E-state index in [9.17, 15) is 14.4 Å². The molecule has 2 aromatic carbocycles. The summed E-state index contributed by atoms with van der Waals surface area (Å²) in [4.78, 5) is 34.5. The second-order valence-electron chi connectivity index (χ2n) is 5.80. The predicted octanol–water partition coefficient (Wildman–Crippen LogP) is 2.68. The minimum atomic E-state index is -0.530. The van der Waals surface area contributed by atoms with Crippen molar-refractivity contribution in [3.05, 3.63) is 65.7 Å². The van der Waals surface area contributed by atoms with Gasteiger partial charge in [0.15, 0.2) is 0 Å². The first-order valence-electron chi connectivity index (χ1n) is 8.44. The van der Waals surface area contributed by atoms with Gasteiger partial charge in [0.25, 0.3) is 0 Å². The number of carbonyl (C=O) groups is 3. The van der Waals surface area contributed by atoms with Crippen LogP contribution in [0.25, 0.3) is 0 Å². The number of nitrogens with one attached hydrogen (secondary N) is 1. The van der Waals surface area contributed by atoms with E-state index in [1.165, 1.54) is 17.7 Å². The van der Waals surface area contributed by atoms with Gasteiger partial charge in [-0.05, 0) is 42.7 Å². The Morgan fingerprint density at radius 2 is 1.62 bits per heavy atom. The first-order chi connectivity index (χ1) is 12.5. The number of nitrogens with two attached hydrogens (primary N) is 1. The highest BCUT2D eigenvalue weighted by Gasteiger charge is 2.09. The quantitative estimate of drug-likeness (QED) is 0.534. The molecule has 0 fully saturated rings. The van der Waals surface area contributed by atoms with Crippen LogP contribution >= 0.6 is 0 Å². The van der Waals surface area contributed by atoms with E-state index in [0.29, 0.717) is 17.9 Å². The molecule has 0 radical (unpaired) electrons. The van der Waals surface area contributed by atoms with Crippen LogP contribution < -0.4 is 11.1 Å². The van der Waals surface area contributed by atoms with Crippen LogP contribution in [0.2, 0.25) is 0 Å². The summed E-state index contributed by atoms with van der Waals surface area (Å²) in [6, 6.07) is 16.2. The summed E-state index contributed by atoms with van der Waals surface area (Å²) in [6.45, 7) is 0.337. The highest BCUT2D eigenvalue weighted by Crippen LogP contribution is 2.10. The van der Waals surface area contributed by atoms with Crippen molar-refractivity contribution in [2.24, 2.45) is 5.73 Å². The number of primary amides is 1. The molecule has 0 saturated heterocycles. The topological polar surface area (TPSA) is 98.5 Å². The Morgan fingerprint density at radius 1 is 0.923 bits per heavy atom. The fraction of sp³-hybridized carbons (Fsp3) is 0.250. The van der Waals surface area contributed by atoms with Gasteiger partial charge in [0.2, 0.25) is 11.8 Å². The third-order valence-corrected chi connectivity index (χ3v) is 3.73. The van der Waals surface area contributed by atoms with Crippen molar-refractivity contribution in [3.8, 4) is 0 Å². The molecular formula is C20H22N2O4. The van der Waals surface area contributed by atoms with E-state index in [0.717, 1.165) is 12.8 Å². The second-order valence-corrected chi connectivity index (χ2v) is 5.80. The van der Waals surface area contributed by atoms with Gasteiger partial charge in [-0.25, -0.2) is 0 Å². The summed E-state index contributed by atoms with van der Waals surface area (Å²) >= 11 is 0. The van der Waals surface area contributed by atoms with Gasteiger partial charge in [0.05, 0.1) is 13.0 Å². The Balaban J connectivity index is 1.62. The maximum atomic E-state index is 11.8. The number of carbonyl (C=O) groups excluding carboxylic acids is 3. The van der Waals surface area contributed by atoms with E-state index in [-0.39, 0.29) is 18.7 Å². The smallest absolute Gasteiger partial charge is 0.306 e. The maximum absolute atomic E-state index is 11.8. The number of esters is 1. The summed E-state index contributed by atoms with van der Waals surface area (Å²) < 4.78 is 5.14. The highest BCUT2D eigenvalue weighted by molar-refractivity contribution is 5.95. The third-order valence-electron chi connectivity index (χ3n) is 3.73. The minimum absolute atomic E-state index is 0.0243. The van der Waals surface area contributed by atoms with Crippen LogP contribution in [0.5, 0.6) is 0 Å². The molecule has 0 aromatic heterocycles. The zero-order valence-electron chi connectivity index (χ0n) is 14.4. The monoisotopic (exact) mass is 354 g/mol. The number of ether oxygens (including phenoxy) is 1. The normalized spacial score (nSPS) is 10.2. The van der Waals surface area contributed by atoms with E-state index in [4.69, 9.17) is 10.5 Å². The average molecular weight is 354 g/mol. The standard InChI is InChI=1S/C20H22N2O4/c21-20(25)16-8-10-17(11-9-16)22-18(23)12-13-19(24)26-14-4-7-15-5-2-1-3-6-15/h1-3,5-6,8-11H,4,7,12-14H2,(H2,21,25)(H,22,23). The molecule has 0 spiro atoms. The van der Waals surface area contributed by atoms with E-state index in [1.54, 1.807) is 12.1 Å². The lowest BCUT2D eigenvalue weighted by Crippen LogP contribution is -2.15. The van der Waals surface area contributed by atoms with Crippen LogP contribution in [0, 0.1) is 0 Å². The molecule has 2 amide bonds. The van der Waals surface area contributed by atoms with Crippen LogP contribution in [-0.2, 0) is 20.7 Å². The van der Waals surface area contributed by atoms with Gasteiger partial charge in [-0.2, -0.15) is 0 Å². The molecule has 0 heterocycles. The predicted molar refractivity (Wildman–Crippen MR) is 98.5 cm³/mol. The number of benzene rings is 2. The zero-order valence-corrected chi connectivity index (χ0v) is 14.4. The molecule has 0 unspecified atom stereocenters. The summed E-state index contributed by atoms with van der Waals surface area (Å²) in [5.41, 5.74) is 7.25. The van der Waals surface area contributed by atoms with Crippen molar-refractivity contribution < 1.29 is 19.1 Å². The molecule has 26 heavy (non-hydrogen) atoms. The van der Waals surface area contributed by atoms with Gasteiger partial charge in [-0.1, -0.05) is 30.3 Å². The number of rotatable bonds is 9. The lowest BCUT2D eigenvalue weighted by molar-refractivity contribution is -0.144. The van der Waals surface area contributed by atoms with E-state index < -0.39 is 11.9 Å². The molecule has 0 aliphatic heterocycles. The minimum Gasteiger partial charge on any atom is -0.466 e. The summed E-state index contributed by atoms with van der Waals surface area (Å²) in [5.74, 6) is -1.21. The molecule has 0 aliphatic carbocycles. The van der Waals surface area contributed by atoms with Gasteiger partial charge < -0.3 is 15.8 Å².